The normalized spacial score (nSPS) is 26.6. The fourth-order valence-electron chi connectivity index (χ4n) is 3.71. The smallest absolute Gasteiger partial charge is 0.331 e. The van der Waals surface area contributed by atoms with Crippen molar-refractivity contribution >= 4 is 35.2 Å². The van der Waals surface area contributed by atoms with Gasteiger partial charge in [0.25, 0.3) is 0 Å². The lowest BCUT2D eigenvalue weighted by Gasteiger charge is -2.38. The molecule has 27 heavy (non-hydrogen) atoms. The van der Waals surface area contributed by atoms with Crippen molar-refractivity contribution in [2.45, 2.75) is 35.6 Å². The number of amides is 1. The zero-order chi connectivity index (χ0) is 19.0. The number of ether oxygens (including phenoxy) is 1. The van der Waals surface area contributed by atoms with Gasteiger partial charge in [0.15, 0.2) is 6.10 Å². The van der Waals surface area contributed by atoms with Crippen LogP contribution in [0.5, 0.6) is 0 Å². The fraction of sp³-hybridized carbons (Fsp3) is 0.333. The Kier molecular flexibility index (Phi) is 4.91. The second-order valence-electron chi connectivity index (χ2n) is 7.06. The summed E-state index contributed by atoms with van der Waals surface area (Å²) >= 11 is 7.79. The van der Waals surface area contributed by atoms with Gasteiger partial charge in [0.1, 0.15) is 6.04 Å². The number of hydrogen-bond donors (Lipinski definition) is 0. The van der Waals surface area contributed by atoms with Gasteiger partial charge in [-0.25, -0.2) is 4.79 Å². The van der Waals surface area contributed by atoms with Crippen LogP contribution in [-0.2, 0) is 14.3 Å². The van der Waals surface area contributed by atoms with Gasteiger partial charge in [-0.15, -0.1) is 23.4 Å². The van der Waals surface area contributed by atoms with E-state index in [1.54, 1.807) is 16.7 Å². The summed E-state index contributed by atoms with van der Waals surface area (Å²) in [6.45, 7) is 1.93. The van der Waals surface area contributed by atoms with Crippen LogP contribution in [0.25, 0.3) is 0 Å². The molecule has 0 bridgehead atoms. The monoisotopic (exact) mass is 401 g/mol. The third-order valence-electron chi connectivity index (χ3n) is 5.14. The molecule has 3 atom stereocenters. The van der Waals surface area contributed by atoms with Gasteiger partial charge < -0.3 is 9.64 Å². The fourth-order valence-corrected chi connectivity index (χ4v) is 5.65. The third kappa shape index (κ3) is 3.23. The predicted octanol–water partition coefficient (Wildman–Crippen LogP) is 3.99. The third-order valence-corrected chi connectivity index (χ3v) is 7.42. The zero-order valence-corrected chi connectivity index (χ0v) is 16.5. The highest BCUT2D eigenvalue weighted by Gasteiger charge is 2.61. The second kappa shape index (κ2) is 7.21. The molecule has 0 aromatic heterocycles. The Morgan fingerprint density at radius 3 is 2.22 bits per heavy atom. The van der Waals surface area contributed by atoms with Crippen molar-refractivity contribution in [1.29, 1.82) is 0 Å². The molecule has 0 radical (unpaired) electrons. The number of β-lactam (4-membered cyclic amide) rings is 1. The van der Waals surface area contributed by atoms with Gasteiger partial charge in [0, 0.05) is 5.88 Å². The van der Waals surface area contributed by atoms with Crippen molar-refractivity contribution < 1.29 is 14.3 Å². The molecule has 2 heterocycles. The largest absolute Gasteiger partial charge is 0.451 e. The van der Waals surface area contributed by atoms with Gasteiger partial charge in [-0.1, -0.05) is 60.7 Å². The van der Waals surface area contributed by atoms with Crippen LogP contribution in [0.1, 0.15) is 30.6 Å². The standard InChI is InChI=1S/C21H20ClNO3S/c1-21(13-22)19(23-16(24)12-17(23)27-21)20(25)26-18(14-8-4-2-5-9-14)15-10-6-3-7-11-15/h2-11,17-19H,12-13H2,1H3/t17-,19+,21-/m1/s1. The Labute approximate surface area is 167 Å². The molecule has 0 unspecified atom stereocenters. The van der Waals surface area contributed by atoms with Crippen LogP contribution >= 0.6 is 23.4 Å². The van der Waals surface area contributed by atoms with E-state index >= 15 is 0 Å². The van der Waals surface area contributed by atoms with Crippen molar-refractivity contribution in [3.05, 3.63) is 71.8 Å². The van der Waals surface area contributed by atoms with Crippen molar-refractivity contribution in [1.82, 2.24) is 4.90 Å². The molecule has 6 heteroatoms. The van der Waals surface area contributed by atoms with Crippen LogP contribution in [0.15, 0.2) is 60.7 Å². The van der Waals surface area contributed by atoms with Gasteiger partial charge in [-0.05, 0) is 18.1 Å². The number of thioether (sulfide) groups is 1. The Morgan fingerprint density at radius 1 is 1.19 bits per heavy atom. The first-order valence-electron chi connectivity index (χ1n) is 8.89. The molecule has 2 fully saturated rings. The van der Waals surface area contributed by atoms with E-state index in [4.69, 9.17) is 16.3 Å². The van der Waals surface area contributed by atoms with Gasteiger partial charge >= 0.3 is 5.97 Å². The summed E-state index contributed by atoms with van der Waals surface area (Å²) in [5.74, 6) is -0.142. The Hall–Kier alpha value is -1.98. The summed E-state index contributed by atoms with van der Waals surface area (Å²) in [7, 11) is 0. The van der Waals surface area contributed by atoms with Crippen LogP contribution in [-0.4, -0.2) is 38.8 Å². The van der Waals surface area contributed by atoms with Crippen molar-refractivity contribution in [2.75, 3.05) is 5.88 Å². The van der Waals surface area contributed by atoms with E-state index in [0.29, 0.717) is 6.42 Å². The van der Waals surface area contributed by atoms with E-state index in [-0.39, 0.29) is 17.2 Å². The average molecular weight is 402 g/mol. The number of nitrogens with zero attached hydrogens (tertiary/aromatic N) is 1. The average Bonchev–Trinajstić information content (AvgIpc) is 2.95. The quantitative estimate of drug-likeness (QED) is 0.431. The summed E-state index contributed by atoms with van der Waals surface area (Å²) < 4.78 is 5.45. The highest BCUT2D eigenvalue weighted by atomic mass is 35.5. The van der Waals surface area contributed by atoms with Crippen LogP contribution in [0.2, 0.25) is 0 Å². The summed E-state index contributed by atoms with van der Waals surface area (Å²) in [4.78, 5) is 27.0. The Balaban J connectivity index is 1.65. The molecule has 2 aromatic carbocycles. The minimum atomic E-state index is -0.666. The van der Waals surface area contributed by atoms with Crippen LogP contribution in [0.4, 0.5) is 0 Å². The lowest BCUT2D eigenvalue weighted by Crippen LogP contribution is -2.58. The first-order chi connectivity index (χ1) is 13.0. The molecule has 0 N–H and O–H groups in total. The SMILES string of the molecule is C[C@]1(CCl)S[C@@H]2CC(=O)N2[C@H]1C(=O)OC(c1ccccc1)c1ccccc1. The van der Waals surface area contributed by atoms with Crippen LogP contribution in [0.3, 0.4) is 0 Å². The van der Waals surface area contributed by atoms with Crippen LogP contribution in [0, 0.1) is 0 Å². The molecule has 2 aliphatic heterocycles. The van der Waals surface area contributed by atoms with Crippen molar-refractivity contribution in [3.8, 4) is 0 Å². The Morgan fingerprint density at radius 2 is 1.74 bits per heavy atom. The minimum Gasteiger partial charge on any atom is -0.451 e. The number of rotatable bonds is 5. The number of halogens is 1. The highest BCUT2D eigenvalue weighted by molar-refractivity contribution is 8.01. The summed E-state index contributed by atoms with van der Waals surface area (Å²) in [6.07, 6.45) is -0.0678. The van der Waals surface area contributed by atoms with Crippen molar-refractivity contribution in [3.63, 3.8) is 0 Å². The predicted molar refractivity (Wildman–Crippen MR) is 107 cm³/mol. The topological polar surface area (TPSA) is 46.6 Å². The first kappa shape index (κ1) is 18.4. The summed E-state index contributed by atoms with van der Waals surface area (Å²) in [5, 5.41) is 0.0192. The maximum absolute atomic E-state index is 13.2. The van der Waals surface area contributed by atoms with E-state index in [9.17, 15) is 9.59 Å². The number of carbonyl (C=O) groups is 2. The number of benzene rings is 2. The highest BCUT2D eigenvalue weighted by Crippen LogP contribution is 2.52. The minimum absolute atomic E-state index is 0.0146. The van der Waals surface area contributed by atoms with E-state index in [0.717, 1.165) is 11.1 Å². The molecule has 2 saturated heterocycles. The summed E-state index contributed by atoms with van der Waals surface area (Å²) in [6, 6.07) is 18.6. The molecule has 140 valence electrons. The molecule has 0 aliphatic carbocycles. The molecule has 1 amide bonds. The van der Waals surface area contributed by atoms with E-state index < -0.39 is 22.9 Å². The van der Waals surface area contributed by atoms with Crippen LogP contribution < -0.4 is 0 Å². The second-order valence-corrected chi connectivity index (χ2v) is 9.04. The first-order valence-corrected chi connectivity index (χ1v) is 10.3. The lowest BCUT2D eigenvalue weighted by atomic mass is 9.97. The summed E-state index contributed by atoms with van der Waals surface area (Å²) in [5.41, 5.74) is 1.78. The molecule has 0 saturated carbocycles. The molecule has 4 nitrogen and oxygen atoms in total. The lowest BCUT2D eigenvalue weighted by molar-refractivity contribution is -0.164. The molecule has 2 aliphatic rings. The molecular weight excluding hydrogens is 382 g/mol. The molecular formula is C21H20ClNO3S. The number of carbonyl (C=O) groups excluding carboxylic acids is 2. The number of hydrogen-bond acceptors (Lipinski definition) is 4. The maximum Gasteiger partial charge on any atom is 0.331 e. The molecule has 2 aromatic rings. The van der Waals surface area contributed by atoms with Gasteiger partial charge in [0.2, 0.25) is 5.91 Å². The van der Waals surface area contributed by atoms with E-state index in [2.05, 4.69) is 0 Å². The maximum atomic E-state index is 13.2. The van der Waals surface area contributed by atoms with Crippen molar-refractivity contribution in [2.24, 2.45) is 0 Å². The van der Waals surface area contributed by atoms with Gasteiger partial charge in [0.05, 0.1) is 16.5 Å². The van der Waals surface area contributed by atoms with E-state index in [1.165, 1.54) is 0 Å². The van der Waals surface area contributed by atoms with E-state index in [1.807, 2.05) is 67.6 Å². The van der Waals surface area contributed by atoms with Gasteiger partial charge in [-0.2, -0.15) is 0 Å². The Bertz CT molecular complexity index is 808. The number of esters is 1. The molecule has 0 spiro atoms. The molecule has 4 rings (SSSR count). The van der Waals surface area contributed by atoms with Gasteiger partial charge in [-0.3, -0.25) is 4.79 Å². The number of fused-ring (bicyclic) bond motifs is 1. The zero-order valence-electron chi connectivity index (χ0n) is 14.9. The number of alkyl halides is 1.